The van der Waals surface area contributed by atoms with Crippen LogP contribution in [-0.2, 0) is 4.79 Å². The first-order valence-corrected chi connectivity index (χ1v) is 6.64. The summed E-state index contributed by atoms with van der Waals surface area (Å²) in [7, 11) is 0. The first-order chi connectivity index (χ1) is 9.44. The van der Waals surface area contributed by atoms with Crippen LogP contribution in [0.15, 0.2) is 35.4 Å². The van der Waals surface area contributed by atoms with E-state index in [9.17, 15) is 9.59 Å². The molecule has 0 radical (unpaired) electrons. The van der Waals surface area contributed by atoms with Gasteiger partial charge in [-0.05, 0) is 24.0 Å². The van der Waals surface area contributed by atoms with E-state index in [1.807, 2.05) is 32.0 Å². The number of Topliss-reactive ketones (excluding diaryl/α,β-unsaturated/α-hetero) is 1. The number of hydrazone groups is 1. The number of benzene rings is 1. The highest BCUT2D eigenvalue weighted by Gasteiger charge is 2.30. The molecule has 2 N–H and O–H groups in total. The van der Waals surface area contributed by atoms with Crippen LogP contribution in [0, 0.1) is 5.41 Å². The van der Waals surface area contributed by atoms with Crippen molar-refractivity contribution >= 4 is 23.2 Å². The second-order valence-electron chi connectivity index (χ2n) is 5.84. The summed E-state index contributed by atoms with van der Waals surface area (Å²) in [6, 6.07) is 8.73. The van der Waals surface area contributed by atoms with Crippen molar-refractivity contribution in [3.8, 4) is 0 Å². The van der Waals surface area contributed by atoms with Crippen LogP contribution in [0.3, 0.4) is 0 Å². The molecule has 2 amide bonds. The van der Waals surface area contributed by atoms with Gasteiger partial charge in [-0.15, -0.1) is 0 Å². The van der Waals surface area contributed by atoms with Crippen LogP contribution in [-0.4, -0.2) is 17.5 Å². The highest BCUT2D eigenvalue weighted by atomic mass is 16.2. The van der Waals surface area contributed by atoms with E-state index in [1.54, 1.807) is 12.1 Å². The van der Waals surface area contributed by atoms with Gasteiger partial charge in [0.15, 0.2) is 0 Å². The lowest BCUT2D eigenvalue weighted by molar-refractivity contribution is -0.120. The minimum absolute atomic E-state index is 0.0776. The maximum atomic E-state index is 11.7. The van der Waals surface area contributed by atoms with Crippen LogP contribution in [0.1, 0.15) is 33.1 Å². The minimum Gasteiger partial charge on any atom is -0.307 e. The standard InChI is InChI=1S/C15H19N3O2/c1-15(2)9-12(8-13(19)10-15)17-18-14(20)16-11-6-4-3-5-7-11/h3-7H,8-10H2,1-2H3,(H2,16,18,20)/b17-12-. The van der Waals surface area contributed by atoms with Gasteiger partial charge >= 0.3 is 6.03 Å². The minimum atomic E-state index is -0.403. The number of para-hydroxylation sites is 1. The maximum absolute atomic E-state index is 11.7. The molecule has 106 valence electrons. The molecule has 1 aromatic rings. The summed E-state index contributed by atoms with van der Waals surface area (Å²) >= 11 is 0. The molecule has 0 saturated heterocycles. The Morgan fingerprint density at radius 1 is 1.20 bits per heavy atom. The third kappa shape index (κ3) is 4.19. The number of hydrogen-bond donors (Lipinski definition) is 2. The first-order valence-electron chi connectivity index (χ1n) is 6.64. The van der Waals surface area contributed by atoms with Gasteiger partial charge < -0.3 is 5.32 Å². The molecule has 1 saturated carbocycles. The Hall–Kier alpha value is -2.17. The third-order valence-electron chi connectivity index (χ3n) is 3.11. The molecule has 20 heavy (non-hydrogen) atoms. The van der Waals surface area contributed by atoms with Crippen LogP contribution in [0.4, 0.5) is 10.5 Å². The van der Waals surface area contributed by atoms with Crippen LogP contribution in [0.25, 0.3) is 0 Å². The van der Waals surface area contributed by atoms with Gasteiger partial charge in [-0.25, -0.2) is 10.2 Å². The van der Waals surface area contributed by atoms with Gasteiger partial charge in [-0.2, -0.15) is 5.10 Å². The van der Waals surface area contributed by atoms with Gasteiger partial charge in [0.25, 0.3) is 0 Å². The van der Waals surface area contributed by atoms with Gasteiger partial charge in [-0.3, -0.25) is 4.79 Å². The van der Waals surface area contributed by atoms with Crippen molar-refractivity contribution in [2.45, 2.75) is 33.1 Å². The predicted molar refractivity (Wildman–Crippen MR) is 78.7 cm³/mol. The van der Waals surface area contributed by atoms with Crippen molar-refractivity contribution < 1.29 is 9.59 Å². The van der Waals surface area contributed by atoms with Crippen LogP contribution in [0.2, 0.25) is 0 Å². The Bertz CT molecular complexity index is 535. The topological polar surface area (TPSA) is 70.6 Å². The summed E-state index contributed by atoms with van der Waals surface area (Å²) in [5.74, 6) is 0.172. The lowest BCUT2D eigenvalue weighted by Crippen LogP contribution is -2.32. The number of urea groups is 1. The second-order valence-corrected chi connectivity index (χ2v) is 5.84. The number of hydrogen-bond acceptors (Lipinski definition) is 3. The van der Waals surface area contributed by atoms with Gasteiger partial charge in [0.2, 0.25) is 0 Å². The first kappa shape index (κ1) is 14.2. The number of nitrogens with one attached hydrogen (secondary N) is 2. The molecular formula is C15H19N3O2. The van der Waals surface area contributed by atoms with E-state index in [2.05, 4.69) is 15.8 Å². The number of rotatable bonds is 2. The molecule has 0 bridgehead atoms. The molecule has 5 nitrogen and oxygen atoms in total. The Balaban J connectivity index is 1.92. The molecule has 0 aliphatic heterocycles. The lowest BCUT2D eigenvalue weighted by atomic mass is 9.76. The molecule has 0 aromatic heterocycles. The maximum Gasteiger partial charge on any atom is 0.339 e. The fraction of sp³-hybridized carbons (Fsp3) is 0.400. The molecule has 1 aliphatic rings. The zero-order valence-electron chi connectivity index (χ0n) is 11.8. The SMILES string of the molecule is CC1(C)CC(=O)C/C(=N/NC(=O)Nc2ccccc2)C1. The van der Waals surface area contributed by atoms with E-state index in [0.717, 1.165) is 12.1 Å². The number of carbonyl (C=O) groups is 2. The highest BCUT2D eigenvalue weighted by Crippen LogP contribution is 2.31. The molecule has 0 spiro atoms. The number of ketones is 1. The fourth-order valence-corrected chi connectivity index (χ4v) is 2.39. The molecule has 1 aliphatic carbocycles. The molecular weight excluding hydrogens is 254 g/mol. The molecule has 5 heteroatoms. The fourth-order valence-electron chi connectivity index (χ4n) is 2.39. The molecule has 0 unspecified atom stereocenters. The molecule has 1 aromatic carbocycles. The van der Waals surface area contributed by atoms with E-state index in [1.165, 1.54) is 0 Å². The van der Waals surface area contributed by atoms with Gasteiger partial charge in [0, 0.05) is 24.2 Å². The Kier molecular flexibility index (Phi) is 4.17. The van der Waals surface area contributed by atoms with Crippen molar-refractivity contribution in [2.24, 2.45) is 10.5 Å². The van der Waals surface area contributed by atoms with E-state index < -0.39 is 6.03 Å². The number of carbonyl (C=O) groups excluding carboxylic acids is 2. The summed E-state index contributed by atoms with van der Waals surface area (Å²) in [6.07, 6.45) is 1.63. The number of amides is 2. The van der Waals surface area contributed by atoms with Crippen LogP contribution < -0.4 is 10.7 Å². The normalized spacial score (nSPS) is 19.7. The van der Waals surface area contributed by atoms with Gasteiger partial charge in [-0.1, -0.05) is 32.0 Å². The smallest absolute Gasteiger partial charge is 0.307 e. The average molecular weight is 273 g/mol. The monoisotopic (exact) mass is 273 g/mol. The summed E-state index contributed by atoms with van der Waals surface area (Å²) in [4.78, 5) is 23.3. The lowest BCUT2D eigenvalue weighted by Gasteiger charge is -2.28. The molecule has 0 heterocycles. The van der Waals surface area contributed by atoms with E-state index >= 15 is 0 Å². The molecule has 1 fully saturated rings. The van der Waals surface area contributed by atoms with Crippen molar-refractivity contribution in [3.05, 3.63) is 30.3 Å². The van der Waals surface area contributed by atoms with Crippen LogP contribution >= 0.6 is 0 Å². The highest BCUT2D eigenvalue weighted by molar-refractivity contribution is 6.05. The van der Waals surface area contributed by atoms with Crippen molar-refractivity contribution in [1.82, 2.24) is 5.43 Å². The quantitative estimate of drug-likeness (QED) is 0.813. The number of anilines is 1. The second kappa shape index (κ2) is 5.86. The third-order valence-corrected chi connectivity index (χ3v) is 3.11. The Morgan fingerprint density at radius 2 is 1.90 bits per heavy atom. The summed E-state index contributed by atoms with van der Waals surface area (Å²) in [5.41, 5.74) is 3.80. The zero-order valence-corrected chi connectivity index (χ0v) is 11.8. The summed E-state index contributed by atoms with van der Waals surface area (Å²) < 4.78 is 0. The van der Waals surface area contributed by atoms with E-state index in [0.29, 0.717) is 18.5 Å². The average Bonchev–Trinajstić information content (AvgIpc) is 2.35. The molecule has 0 atom stereocenters. The van der Waals surface area contributed by atoms with E-state index in [4.69, 9.17) is 0 Å². The zero-order chi connectivity index (χ0) is 14.6. The predicted octanol–water partition coefficient (Wildman–Crippen LogP) is 2.94. The summed E-state index contributed by atoms with van der Waals surface area (Å²) in [5, 5.41) is 6.73. The van der Waals surface area contributed by atoms with Crippen molar-refractivity contribution in [1.29, 1.82) is 0 Å². The van der Waals surface area contributed by atoms with Crippen molar-refractivity contribution in [2.75, 3.05) is 5.32 Å². The van der Waals surface area contributed by atoms with Crippen molar-refractivity contribution in [3.63, 3.8) is 0 Å². The van der Waals surface area contributed by atoms with Gasteiger partial charge in [0.1, 0.15) is 5.78 Å². The largest absolute Gasteiger partial charge is 0.339 e. The number of nitrogens with zero attached hydrogens (tertiary/aromatic N) is 1. The van der Waals surface area contributed by atoms with Crippen LogP contribution in [0.5, 0.6) is 0 Å². The Labute approximate surface area is 118 Å². The van der Waals surface area contributed by atoms with E-state index in [-0.39, 0.29) is 11.2 Å². The molecule has 2 rings (SSSR count). The van der Waals surface area contributed by atoms with Gasteiger partial charge in [0.05, 0.1) is 0 Å². The Morgan fingerprint density at radius 3 is 2.55 bits per heavy atom. The summed E-state index contributed by atoms with van der Waals surface area (Å²) in [6.45, 7) is 4.06.